The Morgan fingerprint density at radius 1 is 1.71 bits per heavy atom. The maximum atomic E-state index is 11.4. The van der Waals surface area contributed by atoms with Crippen LogP contribution in [-0.2, 0) is 9.45 Å². The average Bonchev–Trinajstić information content (AvgIpc) is 2.32. The van der Waals surface area contributed by atoms with Crippen molar-refractivity contribution in [3.05, 3.63) is 11.1 Å². The minimum atomic E-state index is -1.85. The third-order valence-corrected chi connectivity index (χ3v) is 2.23. The molecule has 0 aromatic heterocycles. The van der Waals surface area contributed by atoms with E-state index in [1.54, 1.807) is 6.92 Å². The summed E-state index contributed by atoms with van der Waals surface area (Å²) in [6.45, 7) is 1.71. The standard InChI is InChI=1S/C9H11BO4/c1-3-4-7-6(2)9(5-8(7)11)14-10(12)13/h1,9,12-13H,4-5H2,2H3/t9-/m1/s1. The van der Waals surface area contributed by atoms with Gasteiger partial charge in [-0.25, -0.2) is 0 Å². The van der Waals surface area contributed by atoms with Crippen LogP contribution in [0.4, 0.5) is 0 Å². The molecule has 0 fully saturated rings. The van der Waals surface area contributed by atoms with E-state index in [4.69, 9.17) is 21.1 Å². The number of ketones is 1. The molecule has 0 aromatic rings. The van der Waals surface area contributed by atoms with E-state index < -0.39 is 13.4 Å². The lowest BCUT2D eigenvalue weighted by Gasteiger charge is -2.11. The highest BCUT2D eigenvalue weighted by atomic mass is 16.6. The number of rotatable bonds is 3. The van der Waals surface area contributed by atoms with Gasteiger partial charge < -0.3 is 14.7 Å². The van der Waals surface area contributed by atoms with E-state index in [9.17, 15) is 4.79 Å². The van der Waals surface area contributed by atoms with E-state index in [0.717, 1.165) is 0 Å². The van der Waals surface area contributed by atoms with Crippen LogP contribution < -0.4 is 0 Å². The van der Waals surface area contributed by atoms with E-state index in [1.807, 2.05) is 0 Å². The second-order valence-electron chi connectivity index (χ2n) is 3.12. The van der Waals surface area contributed by atoms with Gasteiger partial charge in [0.2, 0.25) is 0 Å². The summed E-state index contributed by atoms with van der Waals surface area (Å²) in [5, 5.41) is 17.2. The first-order valence-corrected chi connectivity index (χ1v) is 4.24. The van der Waals surface area contributed by atoms with Gasteiger partial charge >= 0.3 is 7.32 Å². The van der Waals surface area contributed by atoms with E-state index in [2.05, 4.69) is 5.92 Å². The van der Waals surface area contributed by atoms with Crippen molar-refractivity contribution in [1.29, 1.82) is 0 Å². The number of allylic oxidation sites excluding steroid dienone is 1. The summed E-state index contributed by atoms with van der Waals surface area (Å²) in [6, 6.07) is 0. The van der Waals surface area contributed by atoms with Crippen molar-refractivity contribution in [2.75, 3.05) is 0 Å². The molecule has 0 amide bonds. The molecule has 2 N–H and O–H groups in total. The highest BCUT2D eigenvalue weighted by Gasteiger charge is 2.31. The summed E-state index contributed by atoms with van der Waals surface area (Å²) in [5.41, 5.74) is 1.25. The molecule has 0 bridgehead atoms. The maximum absolute atomic E-state index is 11.4. The third kappa shape index (κ3) is 2.23. The Labute approximate surface area is 82.8 Å². The molecule has 14 heavy (non-hydrogen) atoms. The van der Waals surface area contributed by atoms with Gasteiger partial charge in [-0.3, -0.25) is 4.79 Å². The van der Waals surface area contributed by atoms with Crippen LogP contribution in [0.5, 0.6) is 0 Å². The molecule has 74 valence electrons. The summed E-state index contributed by atoms with van der Waals surface area (Å²) in [4.78, 5) is 11.4. The lowest BCUT2D eigenvalue weighted by Crippen LogP contribution is -2.25. The minimum Gasteiger partial charge on any atom is -0.402 e. The first kappa shape index (κ1) is 11.0. The molecule has 1 atom stereocenters. The Morgan fingerprint density at radius 3 is 2.86 bits per heavy atom. The van der Waals surface area contributed by atoms with Crippen LogP contribution in [0.2, 0.25) is 0 Å². The van der Waals surface area contributed by atoms with E-state index in [1.165, 1.54) is 0 Å². The molecular formula is C9H11BO4. The van der Waals surface area contributed by atoms with Crippen molar-refractivity contribution in [3.8, 4) is 12.3 Å². The Morgan fingerprint density at radius 2 is 2.36 bits per heavy atom. The zero-order chi connectivity index (χ0) is 10.7. The molecular weight excluding hydrogens is 183 g/mol. The van der Waals surface area contributed by atoms with Gasteiger partial charge in [-0.05, 0) is 12.5 Å². The summed E-state index contributed by atoms with van der Waals surface area (Å²) >= 11 is 0. The van der Waals surface area contributed by atoms with Gasteiger partial charge in [0, 0.05) is 18.4 Å². The molecule has 0 heterocycles. The van der Waals surface area contributed by atoms with Crippen LogP contribution in [0.25, 0.3) is 0 Å². The van der Waals surface area contributed by atoms with Gasteiger partial charge in [-0.1, -0.05) is 0 Å². The minimum absolute atomic E-state index is 0.0777. The number of terminal acetylenes is 1. The van der Waals surface area contributed by atoms with Gasteiger partial charge in [-0.2, -0.15) is 0 Å². The highest BCUT2D eigenvalue weighted by molar-refractivity contribution is 6.32. The number of hydrogen-bond donors (Lipinski definition) is 2. The van der Waals surface area contributed by atoms with E-state index >= 15 is 0 Å². The second-order valence-corrected chi connectivity index (χ2v) is 3.12. The number of hydrogen-bond acceptors (Lipinski definition) is 4. The van der Waals surface area contributed by atoms with Crippen molar-refractivity contribution in [2.45, 2.75) is 25.9 Å². The Bertz CT molecular complexity index is 313. The normalized spacial score (nSPS) is 21.3. The molecule has 1 rings (SSSR count). The fourth-order valence-electron chi connectivity index (χ4n) is 1.50. The predicted molar refractivity (Wildman–Crippen MR) is 50.8 cm³/mol. The molecule has 0 aliphatic heterocycles. The van der Waals surface area contributed by atoms with Crippen molar-refractivity contribution in [3.63, 3.8) is 0 Å². The summed E-state index contributed by atoms with van der Waals surface area (Å²) < 4.78 is 4.73. The second kappa shape index (κ2) is 4.42. The fraction of sp³-hybridized carbons (Fsp3) is 0.444. The number of carbonyl (C=O) groups excluding carboxylic acids is 1. The van der Waals surface area contributed by atoms with Gasteiger partial charge in [0.05, 0.1) is 6.10 Å². The fourth-order valence-corrected chi connectivity index (χ4v) is 1.50. The van der Waals surface area contributed by atoms with Crippen LogP contribution >= 0.6 is 0 Å². The molecule has 0 saturated carbocycles. The van der Waals surface area contributed by atoms with Crippen LogP contribution in [0, 0.1) is 12.3 Å². The quantitative estimate of drug-likeness (QED) is 0.476. The van der Waals surface area contributed by atoms with Gasteiger partial charge in [0.1, 0.15) is 0 Å². The number of carbonyl (C=O) groups is 1. The molecule has 1 aliphatic carbocycles. The lowest BCUT2D eigenvalue weighted by molar-refractivity contribution is -0.115. The van der Waals surface area contributed by atoms with Gasteiger partial charge in [-0.15, -0.1) is 12.3 Å². The topological polar surface area (TPSA) is 66.8 Å². The smallest absolute Gasteiger partial charge is 0.402 e. The van der Waals surface area contributed by atoms with E-state index in [-0.39, 0.29) is 18.6 Å². The molecule has 0 aromatic carbocycles. The number of Topliss-reactive ketones (excluding diaryl/α,β-unsaturated/α-hetero) is 1. The predicted octanol–water partition coefficient (Wildman–Crippen LogP) is -0.346. The van der Waals surface area contributed by atoms with E-state index in [0.29, 0.717) is 11.1 Å². The zero-order valence-corrected chi connectivity index (χ0v) is 7.86. The van der Waals surface area contributed by atoms with Crippen molar-refractivity contribution < 1.29 is 19.5 Å². The van der Waals surface area contributed by atoms with Crippen molar-refractivity contribution in [1.82, 2.24) is 0 Å². The molecule has 1 aliphatic rings. The molecule has 0 unspecified atom stereocenters. The molecule has 5 heteroatoms. The molecule has 0 saturated heterocycles. The van der Waals surface area contributed by atoms with Gasteiger partial charge in [0.25, 0.3) is 0 Å². The van der Waals surface area contributed by atoms with Crippen molar-refractivity contribution in [2.24, 2.45) is 0 Å². The monoisotopic (exact) mass is 194 g/mol. The zero-order valence-electron chi connectivity index (χ0n) is 7.86. The molecule has 0 radical (unpaired) electrons. The first-order chi connectivity index (χ1) is 6.56. The Balaban J connectivity index is 2.77. The third-order valence-electron chi connectivity index (χ3n) is 2.23. The van der Waals surface area contributed by atoms with Crippen LogP contribution in [0.1, 0.15) is 19.8 Å². The summed E-state index contributed by atoms with van der Waals surface area (Å²) in [6.07, 6.45) is 4.96. The van der Waals surface area contributed by atoms with Crippen molar-refractivity contribution >= 4 is 13.1 Å². The summed E-state index contributed by atoms with van der Waals surface area (Å²) in [5.74, 6) is 2.31. The molecule has 4 nitrogen and oxygen atoms in total. The average molecular weight is 194 g/mol. The molecule has 0 spiro atoms. The maximum Gasteiger partial charge on any atom is 0.634 e. The Hall–Kier alpha value is -1.09. The SMILES string of the molecule is C#CCC1=C(C)[C@H](OB(O)O)CC1=O. The van der Waals surface area contributed by atoms with Crippen LogP contribution in [0.15, 0.2) is 11.1 Å². The largest absolute Gasteiger partial charge is 0.634 e. The van der Waals surface area contributed by atoms with Crippen LogP contribution in [-0.4, -0.2) is 29.3 Å². The lowest BCUT2D eigenvalue weighted by atomic mass is 10.1. The highest BCUT2D eigenvalue weighted by Crippen LogP contribution is 2.27. The first-order valence-electron chi connectivity index (χ1n) is 4.24. The van der Waals surface area contributed by atoms with Gasteiger partial charge in [0.15, 0.2) is 5.78 Å². The Kier molecular flexibility index (Phi) is 3.47. The summed E-state index contributed by atoms with van der Waals surface area (Å²) in [7, 11) is -1.85. The van der Waals surface area contributed by atoms with Crippen LogP contribution in [0.3, 0.4) is 0 Å².